The second-order valence-electron chi connectivity index (χ2n) is 7.25. The third-order valence-corrected chi connectivity index (χ3v) is 4.95. The molecule has 0 aromatic heterocycles. The molecular formula is C24H19F7O. The van der Waals surface area contributed by atoms with Crippen LogP contribution in [0.15, 0.2) is 42.5 Å². The Balaban J connectivity index is 1.79. The molecular weight excluding hydrogens is 437 g/mol. The van der Waals surface area contributed by atoms with Crippen LogP contribution in [0.2, 0.25) is 0 Å². The lowest BCUT2D eigenvalue weighted by atomic mass is 9.98. The highest BCUT2D eigenvalue weighted by molar-refractivity contribution is 5.66. The normalized spacial score (nSPS) is 11.3. The van der Waals surface area contributed by atoms with Crippen molar-refractivity contribution in [1.82, 2.24) is 0 Å². The van der Waals surface area contributed by atoms with Gasteiger partial charge in [0.05, 0.1) is 0 Å². The third-order valence-electron chi connectivity index (χ3n) is 4.95. The van der Waals surface area contributed by atoms with Crippen molar-refractivity contribution in [2.75, 3.05) is 0 Å². The molecule has 3 rings (SSSR count). The van der Waals surface area contributed by atoms with Crippen molar-refractivity contribution in [3.63, 3.8) is 0 Å². The quantitative estimate of drug-likeness (QED) is 0.321. The van der Waals surface area contributed by atoms with Crippen LogP contribution in [-0.4, -0.2) is 6.61 Å². The van der Waals surface area contributed by atoms with Gasteiger partial charge in [-0.1, -0.05) is 25.5 Å². The van der Waals surface area contributed by atoms with Gasteiger partial charge in [0.2, 0.25) is 0 Å². The maximum Gasteiger partial charge on any atom is 0.387 e. The lowest BCUT2D eigenvalue weighted by Crippen LogP contribution is -2.06. The molecule has 0 aliphatic carbocycles. The molecule has 0 fully saturated rings. The summed E-state index contributed by atoms with van der Waals surface area (Å²) in [4.78, 5) is 0. The van der Waals surface area contributed by atoms with E-state index in [1.54, 1.807) is 0 Å². The minimum absolute atomic E-state index is 0.00816. The van der Waals surface area contributed by atoms with Crippen LogP contribution in [-0.2, 0) is 19.3 Å². The van der Waals surface area contributed by atoms with Crippen LogP contribution in [0.1, 0.15) is 30.0 Å². The van der Waals surface area contributed by atoms with Crippen molar-refractivity contribution in [1.29, 1.82) is 0 Å². The molecule has 1 nitrogen and oxygen atoms in total. The Morgan fingerprint density at radius 2 is 1.28 bits per heavy atom. The molecule has 0 aliphatic rings. The molecule has 0 bridgehead atoms. The van der Waals surface area contributed by atoms with E-state index < -0.39 is 41.4 Å². The largest absolute Gasteiger partial charge is 0.429 e. The van der Waals surface area contributed by atoms with Crippen molar-refractivity contribution in [3.8, 4) is 16.9 Å². The monoisotopic (exact) mass is 456 g/mol. The number of rotatable bonds is 8. The first-order valence-corrected chi connectivity index (χ1v) is 9.89. The SMILES string of the molecule is CCCc1cc(F)c(CCc2ccc(-c3cc(F)c(OC(F)F)c(F)c3)c(F)c2)c(F)c1. The molecule has 0 saturated carbocycles. The molecule has 0 unspecified atom stereocenters. The summed E-state index contributed by atoms with van der Waals surface area (Å²) in [5.74, 6) is -6.22. The van der Waals surface area contributed by atoms with Crippen molar-refractivity contribution >= 4 is 0 Å². The van der Waals surface area contributed by atoms with Gasteiger partial charge in [0, 0.05) is 11.1 Å². The lowest BCUT2D eigenvalue weighted by Gasteiger charge is -2.11. The zero-order chi connectivity index (χ0) is 23.4. The Labute approximate surface area is 180 Å². The minimum atomic E-state index is -3.42. The Bertz CT molecular complexity index is 1070. The van der Waals surface area contributed by atoms with Crippen LogP contribution in [0.4, 0.5) is 30.7 Å². The highest BCUT2D eigenvalue weighted by Crippen LogP contribution is 2.32. The van der Waals surface area contributed by atoms with E-state index >= 15 is 0 Å². The number of hydrogen-bond acceptors (Lipinski definition) is 1. The summed E-state index contributed by atoms with van der Waals surface area (Å²) in [6.07, 6.45) is 1.42. The molecule has 0 atom stereocenters. The summed E-state index contributed by atoms with van der Waals surface area (Å²) in [5.41, 5.74) is 0.492. The van der Waals surface area contributed by atoms with Gasteiger partial charge in [0.15, 0.2) is 17.4 Å². The molecule has 170 valence electrons. The van der Waals surface area contributed by atoms with Crippen LogP contribution in [0.3, 0.4) is 0 Å². The second-order valence-corrected chi connectivity index (χ2v) is 7.25. The smallest absolute Gasteiger partial charge is 0.387 e. The van der Waals surface area contributed by atoms with Crippen LogP contribution in [0.25, 0.3) is 11.1 Å². The predicted octanol–water partition coefficient (Wildman–Crippen LogP) is 7.39. The number of benzene rings is 3. The molecule has 0 aliphatic heterocycles. The fourth-order valence-electron chi connectivity index (χ4n) is 3.46. The highest BCUT2D eigenvalue weighted by Gasteiger charge is 2.19. The first kappa shape index (κ1) is 23.6. The number of aryl methyl sites for hydroxylation is 2. The average molecular weight is 456 g/mol. The van der Waals surface area contributed by atoms with Gasteiger partial charge in [-0.2, -0.15) is 8.78 Å². The Morgan fingerprint density at radius 3 is 1.81 bits per heavy atom. The number of hydrogen-bond donors (Lipinski definition) is 0. The van der Waals surface area contributed by atoms with E-state index in [4.69, 9.17) is 0 Å². The van der Waals surface area contributed by atoms with Gasteiger partial charge in [-0.25, -0.2) is 22.0 Å². The zero-order valence-electron chi connectivity index (χ0n) is 17.0. The molecule has 3 aromatic carbocycles. The van der Waals surface area contributed by atoms with E-state index in [0.29, 0.717) is 29.7 Å². The zero-order valence-corrected chi connectivity index (χ0v) is 17.0. The van der Waals surface area contributed by atoms with Gasteiger partial charge >= 0.3 is 6.61 Å². The molecule has 0 amide bonds. The maximum absolute atomic E-state index is 14.6. The van der Waals surface area contributed by atoms with Gasteiger partial charge in [0.25, 0.3) is 0 Å². The Kier molecular flexibility index (Phi) is 7.43. The van der Waals surface area contributed by atoms with E-state index in [9.17, 15) is 30.7 Å². The molecule has 0 heterocycles. The summed E-state index contributed by atoms with van der Waals surface area (Å²) < 4.78 is 99.2. The molecule has 0 N–H and O–H groups in total. The van der Waals surface area contributed by atoms with Crippen molar-refractivity contribution < 1.29 is 35.5 Å². The number of alkyl halides is 2. The van der Waals surface area contributed by atoms with Crippen LogP contribution in [0, 0.1) is 29.1 Å². The summed E-state index contributed by atoms with van der Waals surface area (Å²) in [6, 6.07) is 7.74. The van der Waals surface area contributed by atoms with E-state index in [1.165, 1.54) is 24.3 Å². The Morgan fingerprint density at radius 1 is 0.688 bits per heavy atom. The summed E-state index contributed by atoms with van der Waals surface area (Å²) in [7, 11) is 0. The maximum atomic E-state index is 14.6. The van der Waals surface area contributed by atoms with Gasteiger partial charge in [-0.05, 0) is 66.3 Å². The van der Waals surface area contributed by atoms with E-state index in [1.807, 2.05) is 6.92 Å². The van der Waals surface area contributed by atoms with Gasteiger partial charge in [-0.3, -0.25) is 0 Å². The van der Waals surface area contributed by atoms with Gasteiger partial charge in [0.1, 0.15) is 17.5 Å². The number of halogens is 7. The number of ether oxygens (including phenoxy) is 1. The molecule has 0 radical (unpaired) electrons. The molecule has 8 heteroatoms. The lowest BCUT2D eigenvalue weighted by molar-refractivity contribution is -0.0546. The predicted molar refractivity (Wildman–Crippen MR) is 106 cm³/mol. The van der Waals surface area contributed by atoms with Crippen LogP contribution in [0.5, 0.6) is 5.75 Å². The van der Waals surface area contributed by atoms with Crippen LogP contribution >= 0.6 is 0 Å². The van der Waals surface area contributed by atoms with E-state index in [-0.39, 0.29) is 29.5 Å². The van der Waals surface area contributed by atoms with E-state index in [0.717, 1.165) is 12.5 Å². The topological polar surface area (TPSA) is 9.23 Å². The van der Waals surface area contributed by atoms with Crippen molar-refractivity contribution in [2.45, 2.75) is 39.2 Å². The van der Waals surface area contributed by atoms with Crippen LogP contribution < -0.4 is 4.74 Å². The van der Waals surface area contributed by atoms with Gasteiger partial charge in [-0.15, -0.1) is 0 Å². The fourth-order valence-corrected chi connectivity index (χ4v) is 3.46. The molecule has 0 saturated heterocycles. The summed E-state index contributed by atoms with van der Waals surface area (Å²) in [5, 5.41) is 0. The highest BCUT2D eigenvalue weighted by atomic mass is 19.3. The van der Waals surface area contributed by atoms with Crippen molar-refractivity contribution in [3.05, 3.63) is 88.2 Å². The third kappa shape index (κ3) is 5.41. The molecule has 0 spiro atoms. The molecule has 3 aromatic rings. The van der Waals surface area contributed by atoms with E-state index in [2.05, 4.69) is 4.74 Å². The second kappa shape index (κ2) is 10.1. The Hall–Kier alpha value is -3.03. The summed E-state index contributed by atoms with van der Waals surface area (Å²) >= 11 is 0. The molecule has 32 heavy (non-hydrogen) atoms. The summed E-state index contributed by atoms with van der Waals surface area (Å²) in [6.45, 7) is -1.52. The standard InChI is InChI=1S/C24H19F7O/c1-2-3-14-9-19(26)17(20(27)10-14)7-5-13-4-6-16(18(25)8-13)15-11-21(28)23(22(29)12-15)32-24(30)31/h4,6,8-12,24H,2-3,5,7H2,1H3. The fraction of sp³-hybridized carbons (Fsp3) is 0.250. The van der Waals surface area contributed by atoms with Crippen molar-refractivity contribution in [2.24, 2.45) is 0 Å². The average Bonchev–Trinajstić information content (AvgIpc) is 2.70. The first-order chi connectivity index (χ1) is 15.2. The minimum Gasteiger partial charge on any atom is -0.429 e. The van der Waals surface area contributed by atoms with Gasteiger partial charge < -0.3 is 4.74 Å². The first-order valence-electron chi connectivity index (χ1n) is 9.89.